The fourth-order valence-corrected chi connectivity index (χ4v) is 0. The summed E-state index contributed by atoms with van der Waals surface area (Å²) < 4.78 is 0. The second-order valence-electron chi connectivity index (χ2n) is 0.854. The van der Waals surface area contributed by atoms with Crippen LogP contribution in [0.3, 0.4) is 0 Å². The predicted octanol–water partition coefficient (Wildman–Crippen LogP) is 2.31. The standard InChI is InChI=1S/C4H9.ClH.Pd/c1-3-4-2;;/h1,3-4H2,2H3;1H;/q-1;;+2/p-1. The van der Waals surface area contributed by atoms with E-state index in [1.165, 1.54) is 6.42 Å². The molecule has 0 aromatic rings. The van der Waals surface area contributed by atoms with Gasteiger partial charge in [0, 0.05) is 0 Å². The summed E-state index contributed by atoms with van der Waals surface area (Å²) in [4.78, 5) is 0. The number of hydrogen-bond acceptors (Lipinski definition) is 0. The first-order chi connectivity index (χ1) is 2.91. The van der Waals surface area contributed by atoms with E-state index in [2.05, 4.69) is 41.6 Å². The van der Waals surface area contributed by atoms with Gasteiger partial charge in [0.15, 0.2) is 0 Å². The Bertz CT molecular complexity index is 9.51. The molecule has 0 rings (SSSR count). The van der Waals surface area contributed by atoms with Gasteiger partial charge in [0.25, 0.3) is 0 Å². The molecule has 0 atom stereocenters. The van der Waals surface area contributed by atoms with E-state index in [1.807, 2.05) is 0 Å². The SMILES string of the molecule is [CH2-]CCC.[Cl][Pd+]. The van der Waals surface area contributed by atoms with Gasteiger partial charge >= 0.3 is 27.7 Å². The van der Waals surface area contributed by atoms with Crippen molar-refractivity contribution >= 4 is 9.53 Å². The van der Waals surface area contributed by atoms with Gasteiger partial charge in [-0.25, -0.2) is 0 Å². The molecule has 42 valence electrons. The summed E-state index contributed by atoms with van der Waals surface area (Å²) in [5, 5.41) is 0. The first kappa shape index (κ1) is 10.0. The van der Waals surface area contributed by atoms with Crippen LogP contribution in [0.1, 0.15) is 19.8 Å². The zero-order chi connectivity index (χ0) is 5.41. The molecule has 2 heteroatoms. The Kier molecular flexibility index (Phi) is 28.0. The Labute approximate surface area is 54.6 Å². The van der Waals surface area contributed by atoms with Gasteiger partial charge in [-0.15, -0.1) is 0 Å². The van der Waals surface area contributed by atoms with Crippen molar-refractivity contribution in [1.29, 1.82) is 0 Å². The molecule has 0 fully saturated rings. The normalized spacial score (nSPS) is 6.17. The molecule has 0 aliphatic carbocycles. The summed E-state index contributed by atoms with van der Waals surface area (Å²) in [7, 11) is 4.49. The number of halogens is 1. The monoisotopic (exact) mass is 198 g/mol. The summed E-state index contributed by atoms with van der Waals surface area (Å²) in [6.07, 6.45) is 2.28. The van der Waals surface area contributed by atoms with Crippen molar-refractivity contribution in [2.24, 2.45) is 0 Å². The second-order valence-corrected chi connectivity index (χ2v) is 0.854. The van der Waals surface area contributed by atoms with Crippen LogP contribution in [-0.4, -0.2) is 0 Å². The molecule has 0 spiro atoms. The van der Waals surface area contributed by atoms with Gasteiger partial charge in [0.2, 0.25) is 0 Å². The molecule has 0 amide bonds. The molecule has 0 aromatic carbocycles. The van der Waals surface area contributed by atoms with Crippen LogP contribution in [0.15, 0.2) is 0 Å². The summed E-state index contributed by atoms with van der Waals surface area (Å²) in [5.74, 6) is 0. The van der Waals surface area contributed by atoms with Crippen molar-refractivity contribution < 1.29 is 18.2 Å². The Balaban J connectivity index is 0. The molecule has 6 heavy (non-hydrogen) atoms. The van der Waals surface area contributed by atoms with Crippen molar-refractivity contribution in [2.45, 2.75) is 19.8 Å². The van der Waals surface area contributed by atoms with Crippen molar-refractivity contribution in [3.63, 3.8) is 0 Å². The molecule has 0 unspecified atom stereocenters. The molecule has 0 aliphatic heterocycles. The Morgan fingerprint density at radius 3 is 1.83 bits per heavy atom. The van der Waals surface area contributed by atoms with E-state index < -0.39 is 0 Å². The number of hydrogen-bond donors (Lipinski definition) is 0. The Morgan fingerprint density at radius 2 is 1.83 bits per heavy atom. The number of unbranched alkanes of at least 4 members (excludes halogenated alkanes) is 1. The van der Waals surface area contributed by atoms with Crippen LogP contribution >= 0.6 is 9.53 Å². The molecule has 0 saturated carbocycles. The molecule has 0 aliphatic rings. The minimum absolute atomic E-state index is 1.07. The van der Waals surface area contributed by atoms with Crippen LogP contribution in [0.2, 0.25) is 0 Å². The van der Waals surface area contributed by atoms with Crippen LogP contribution in [0.5, 0.6) is 0 Å². The van der Waals surface area contributed by atoms with E-state index in [4.69, 9.17) is 0 Å². The topological polar surface area (TPSA) is 0 Å². The maximum atomic E-state index is 4.49. The predicted molar refractivity (Wildman–Crippen MR) is 26.1 cm³/mol. The zero-order valence-electron chi connectivity index (χ0n) is 3.82. The Morgan fingerprint density at radius 1 is 1.67 bits per heavy atom. The molecule has 0 nitrogen and oxygen atoms in total. The average Bonchev–Trinajstić information content (AvgIpc) is 1.72. The van der Waals surface area contributed by atoms with Gasteiger partial charge in [0.1, 0.15) is 0 Å². The summed E-state index contributed by atoms with van der Waals surface area (Å²) >= 11 is 2.22. The third-order valence-corrected chi connectivity index (χ3v) is 0.354. The third kappa shape index (κ3) is 20.3. The zero-order valence-corrected chi connectivity index (χ0v) is 6.13. The van der Waals surface area contributed by atoms with Crippen molar-refractivity contribution in [2.75, 3.05) is 0 Å². The van der Waals surface area contributed by atoms with Crippen molar-refractivity contribution in [3.8, 4) is 0 Å². The fraction of sp³-hybridized carbons (Fsp3) is 0.750. The summed E-state index contributed by atoms with van der Waals surface area (Å²) in [6, 6.07) is 0. The first-order valence-corrected chi connectivity index (χ1v) is 3.83. The summed E-state index contributed by atoms with van der Waals surface area (Å²) in [6.45, 7) is 5.72. The Hall–Kier alpha value is 0.952. The van der Waals surface area contributed by atoms with E-state index in [9.17, 15) is 0 Å². The molecule has 0 aromatic heterocycles. The van der Waals surface area contributed by atoms with E-state index in [0.717, 1.165) is 6.42 Å². The van der Waals surface area contributed by atoms with Crippen molar-refractivity contribution in [3.05, 3.63) is 6.92 Å². The molecular formula is C4H9ClPd. The van der Waals surface area contributed by atoms with Gasteiger partial charge in [-0.1, -0.05) is 13.3 Å². The van der Waals surface area contributed by atoms with Crippen LogP contribution in [0.4, 0.5) is 0 Å². The fourth-order valence-electron chi connectivity index (χ4n) is 0. The van der Waals surface area contributed by atoms with E-state index in [1.54, 1.807) is 0 Å². The van der Waals surface area contributed by atoms with Crippen LogP contribution in [0.25, 0.3) is 0 Å². The minimum atomic E-state index is 1.07. The van der Waals surface area contributed by atoms with E-state index >= 15 is 0 Å². The van der Waals surface area contributed by atoms with Crippen LogP contribution < -0.4 is 0 Å². The molecule has 0 bridgehead atoms. The van der Waals surface area contributed by atoms with Crippen LogP contribution in [0, 0.1) is 6.92 Å². The second kappa shape index (κ2) is 16.7. The average molecular weight is 199 g/mol. The van der Waals surface area contributed by atoms with E-state index in [0.29, 0.717) is 0 Å². The van der Waals surface area contributed by atoms with Gasteiger partial charge in [0.05, 0.1) is 0 Å². The number of rotatable bonds is 1. The third-order valence-electron chi connectivity index (χ3n) is 0.354. The maximum absolute atomic E-state index is 4.49. The van der Waals surface area contributed by atoms with Gasteiger partial charge in [-0.3, -0.25) is 0 Å². The van der Waals surface area contributed by atoms with E-state index in [-0.39, 0.29) is 0 Å². The van der Waals surface area contributed by atoms with Gasteiger partial charge < -0.3 is 6.92 Å². The summed E-state index contributed by atoms with van der Waals surface area (Å²) in [5.41, 5.74) is 0. The molecule has 0 radical (unpaired) electrons. The first-order valence-electron chi connectivity index (χ1n) is 1.83. The van der Waals surface area contributed by atoms with Crippen molar-refractivity contribution in [1.82, 2.24) is 0 Å². The van der Waals surface area contributed by atoms with Gasteiger partial charge in [-0.2, -0.15) is 6.42 Å². The van der Waals surface area contributed by atoms with Gasteiger partial charge in [-0.05, 0) is 0 Å². The van der Waals surface area contributed by atoms with Crippen LogP contribution in [-0.2, 0) is 18.2 Å². The molecule has 0 heterocycles. The molecule has 0 N–H and O–H groups in total. The molecular weight excluding hydrogens is 190 g/mol. The quantitative estimate of drug-likeness (QED) is 0.449. The molecule has 0 saturated heterocycles.